The Bertz CT molecular complexity index is 570. The molecule has 0 amide bonds. The lowest BCUT2D eigenvalue weighted by atomic mass is 9.88. The summed E-state index contributed by atoms with van der Waals surface area (Å²) in [6.07, 6.45) is 1.88. The van der Waals surface area contributed by atoms with Gasteiger partial charge in [-0.1, -0.05) is 42.8 Å². The summed E-state index contributed by atoms with van der Waals surface area (Å²) in [6.45, 7) is 8.53. The van der Waals surface area contributed by atoms with Crippen LogP contribution in [0, 0.1) is 6.92 Å². The number of rotatable bonds is 2. The zero-order valence-corrected chi connectivity index (χ0v) is 13.3. The summed E-state index contributed by atoms with van der Waals surface area (Å²) in [4.78, 5) is 4.37. The summed E-state index contributed by atoms with van der Waals surface area (Å²) >= 11 is 3.44. The molecule has 0 atom stereocenters. The predicted molar refractivity (Wildman–Crippen MR) is 81.9 cm³/mol. The topological polar surface area (TPSA) is 22.1 Å². The smallest absolute Gasteiger partial charge is 0.219 e. The van der Waals surface area contributed by atoms with Crippen molar-refractivity contribution in [1.82, 2.24) is 4.98 Å². The molecule has 1 aromatic carbocycles. The Kier molecular flexibility index (Phi) is 3.95. The van der Waals surface area contributed by atoms with Crippen molar-refractivity contribution in [1.29, 1.82) is 0 Å². The minimum atomic E-state index is 0.110. The second-order valence-corrected chi connectivity index (χ2v) is 6.56. The number of hydrogen-bond acceptors (Lipinski definition) is 2. The van der Waals surface area contributed by atoms with Gasteiger partial charge in [0.1, 0.15) is 5.75 Å². The van der Waals surface area contributed by atoms with Crippen LogP contribution in [0.4, 0.5) is 0 Å². The number of aromatic nitrogens is 1. The lowest BCUT2D eigenvalue weighted by Gasteiger charge is -2.18. The quantitative estimate of drug-likeness (QED) is 0.754. The van der Waals surface area contributed by atoms with Crippen LogP contribution in [0.2, 0.25) is 0 Å². The first-order valence-corrected chi connectivity index (χ1v) is 7.06. The van der Waals surface area contributed by atoms with E-state index in [9.17, 15) is 0 Å². The van der Waals surface area contributed by atoms with Gasteiger partial charge in [-0.05, 0) is 41.7 Å². The number of benzene rings is 1. The van der Waals surface area contributed by atoms with E-state index in [2.05, 4.69) is 47.8 Å². The fourth-order valence-electron chi connectivity index (χ4n) is 1.72. The van der Waals surface area contributed by atoms with Crippen LogP contribution < -0.4 is 4.74 Å². The molecule has 0 saturated heterocycles. The molecule has 0 radical (unpaired) electrons. The van der Waals surface area contributed by atoms with E-state index in [1.807, 2.05) is 37.4 Å². The highest BCUT2D eigenvalue weighted by Gasteiger charge is 2.14. The van der Waals surface area contributed by atoms with Gasteiger partial charge in [-0.25, -0.2) is 4.98 Å². The van der Waals surface area contributed by atoms with E-state index in [0.717, 1.165) is 15.8 Å². The van der Waals surface area contributed by atoms with Crippen molar-refractivity contribution in [2.24, 2.45) is 0 Å². The molecule has 100 valence electrons. The van der Waals surface area contributed by atoms with E-state index in [4.69, 9.17) is 4.74 Å². The van der Waals surface area contributed by atoms with Crippen molar-refractivity contribution in [3.63, 3.8) is 0 Å². The molecule has 0 aliphatic carbocycles. The SMILES string of the molecule is Cc1cc(Br)ccc1Oc1ccc(C(C)(C)C)cn1. The highest BCUT2D eigenvalue weighted by Crippen LogP contribution is 2.28. The predicted octanol–water partition coefficient (Wildman–Crippen LogP) is 5.24. The molecular weight excluding hydrogens is 302 g/mol. The van der Waals surface area contributed by atoms with Crippen LogP contribution in [0.5, 0.6) is 11.6 Å². The van der Waals surface area contributed by atoms with Gasteiger partial charge >= 0.3 is 0 Å². The van der Waals surface area contributed by atoms with Crippen LogP contribution in [0.3, 0.4) is 0 Å². The fraction of sp³-hybridized carbons (Fsp3) is 0.312. The largest absolute Gasteiger partial charge is 0.439 e. The van der Waals surface area contributed by atoms with Crippen LogP contribution >= 0.6 is 15.9 Å². The van der Waals surface area contributed by atoms with Crippen molar-refractivity contribution in [2.45, 2.75) is 33.1 Å². The van der Waals surface area contributed by atoms with E-state index in [-0.39, 0.29) is 5.41 Å². The van der Waals surface area contributed by atoms with Crippen LogP contribution in [0.25, 0.3) is 0 Å². The Morgan fingerprint density at radius 2 is 1.84 bits per heavy atom. The van der Waals surface area contributed by atoms with Crippen molar-refractivity contribution >= 4 is 15.9 Å². The number of nitrogens with zero attached hydrogens (tertiary/aromatic N) is 1. The molecule has 1 aromatic heterocycles. The molecule has 1 heterocycles. The number of hydrogen-bond donors (Lipinski definition) is 0. The highest BCUT2D eigenvalue weighted by molar-refractivity contribution is 9.10. The molecule has 0 spiro atoms. The summed E-state index contributed by atoms with van der Waals surface area (Å²) < 4.78 is 6.85. The van der Waals surface area contributed by atoms with Gasteiger partial charge in [-0.15, -0.1) is 0 Å². The molecule has 2 aromatic rings. The summed E-state index contributed by atoms with van der Waals surface area (Å²) in [5, 5.41) is 0. The number of aryl methyl sites for hydroxylation is 1. The first-order chi connectivity index (χ1) is 8.86. The molecule has 0 aliphatic heterocycles. The molecule has 3 heteroatoms. The Balaban J connectivity index is 2.20. The molecular formula is C16H18BrNO. The standard InChI is InChI=1S/C16H18BrNO/c1-11-9-13(17)6-7-14(11)19-15-8-5-12(10-18-15)16(2,3)4/h5-10H,1-4H3. The second-order valence-electron chi connectivity index (χ2n) is 5.65. The average Bonchev–Trinajstić information content (AvgIpc) is 2.32. The van der Waals surface area contributed by atoms with Crippen molar-refractivity contribution in [3.8, 4) is 11.6 Å². The van der Waals surface area contributed by atoms with Gasteiger partial charge in [0.25, 0.3) is 0 Å². The van der Waals surface area contributed by atoms with Gasteiger partial charge in [0, 0.05) is 16.7 Å². The molecule has 2 nitrogen and oxygen atoms in total. The molecule has 2 rings (SSSR count). The van der Waals surface area contributed by atoms with Crippen LogP contribution in [0.1, 0.15) is 31.9 Å². The Morgan fingerprint density at radius 3 is 2.37 bits per heavy atom. The van der Waals surface area contributed by atoms with E-state index < -0.39 is 0 Å². The summed E-state index contributed by atoms with van der Waals surface area (Å²) in [6, 6.07) is 9.92. The lowest BCUT2D eigenvalue weighted by molar-refractivity contribution is 0.457. The first-order valence-electron chi connectivity index (χ1n) is 6.27. The van der Waals surface area contributed by atoms with Crippen molar-refractivity contribution in [2.75, 3.05) is 0 Å². The number of pyridine rings is 1. The average molecular weight is 320 g/mol. The van der Waals surface area contributed by atoms with E-state index >= 15 is 0 Å². The molecule has 0 saturated carbocycles. The van der Waals surface area contributed by atoms with Gasteiger partial charge in [0.15, 0.2) is 0 Å². The van der Waals surface area contributed by atoms with E-state index in [1.165, 1.54) is 5.56 Å². The van der Waals surface area contributed by atoms with Crippen molar-refractivity contribution in [3.05, 3.63) is 52.1 Å². The van der Waals surface area contributed by atoms with Crippen molar-refractivity contribution < 1.29 is 4.74 Å². The monoisotopic (exact) mass is 319 g/mol. The van der Waals surface area contributed by atoms with Gasteiger partial charge in [-0.3, -0.25) is 0 Å². The molecule has 0 N–H and O–H groups in total. The van der Waals surface area contributed by atoms with Gasteiger partial charge < -0.3 is 4.74 Å². The Morgan fingerprint density at radius 1 is 1.11 bits per heavy atom. The Labute approximate surface area is 123 Å². The van der Waals surface area contributed by atoms with Crippen LogP contribution in [0.15, 0.2) is 41.0 Å². The minimum absolute atomic E-state index is 0.110. The molecule has 0 bridgehead atoms. The third-order valence-corrected chi connectivity index (χ3v) is 3.45. The third-order valence-electron chi connectivity index (χ3n) is 2.95. The maximum Gasteiger partial charge on any atom is 0.219 e. The number of halogens is 1. The fourth-order valence-corrected chi connectivity index (χ4v) is 2.20. The highest BCUT2D eigenvalue weighted by atomic mass is 79.9. The van der Waals surface area contributed by atoms with Gasteiger partial charge in [0.2, 0.25) is 5.88 Å². The zero-order chi connectivity index (χ0) is 14.0. The van der Waals surface area contributed by atoms with Gasteiger partial charge in [0.05, 0.1) is 0 Å². The lowest BCUT2D eigenvalue weighted by Crippen LogP contribution is -2.11. The molecule has 0 fully saturated rings. The zero-order valence-electron chi connectivity index (χ0n) is 11.7. The molecule has 0 unspecified atom stereocenters. The summed E-state index contributed by atoms with van der Waals surface area (Å²) in [7, 11) is 0. The number of ether oxygens (including phenoxy) is 1. The molecule has 0 aliphatic rings. The third kappa shape index (κ3) is 3.57. The first kappa shape index (κ1) is 14.1. The maximum absolute atomic E-state index is 5.80. The Hall–Kier alpha value is -1.35. The summed E-state index contributed by atoms with van der Waals surface area (Å²) in [5.74, 6) is 1.46. The van der Waals surface area contributed by atoms with Crippen LogP contribution in [-0.2, 0) is 5.41 Å². The van der Waals surface area contributed by atoms with Crippen LogP contribution in [-0.4, -0.2) is 4.98 Å². The maximum atomic E-state index is 5.80. The summed E-state index contributed by atoms with van der Waals surface area (Å²) in [5.41, 5.74) is 2.39. The molecule has 19 heavy (non-hydrogen) atoms. The van der Waals surface area contributed by atoms with Gasteiger partial charge in [-0.2, -0.15) is 0 Å². The van der Waals surface area contributed by atoms with E-state index in [1.54, 1.807) is 0 Å². The van der Waals surface area contributed by atoms with E-state index in [0.29, 0.717) is 5.88 Å². The normalized spacial score (nSPS) is 11.4. The minimum Gasteiger partial charge on any atom is -0.439 e. The second kappa shape index (κ2) is 5.33.